The molecule has 1 amide bonds. The minimum Gasteiger partial charge on any atom is -0.395 e. The molecule has 1 heterocycles. The largest absolute Gasteiger partial charge is 0.395 e. The van der Waals surface area contributed by atoms with E-state index in [1.165, 1.54) is 5.56 Å². The first-order valence-corrected chi connectivity index (χ1v) is 6.01. The van der Waals surface area contributed by atoms with Crippen LogP contribution in [0.5, 0.6) is 0 Å². The summed E-state index contributed by atoms with van der Waals surface area (Å²) in [6.45, 7) is 0.313. The predicted molar refractivity (Wildman–Crippen MR) is 72.7 cm³/mol. The molecule has 0 radical (unpaired) electrons. The Labute approximate surface area is 113 Å². The summed E-state index contributed by atoms with van der Waals surface area (Å²) in [5.74, 6) is -0.0162. The van der Waals surface area contributed by atoms with Crippen molar-refractivity contribution in [3.05, 3.63) is 35.9 Å². The molecule has 2 rings (SSSR count). The van der Waals surface area contributed by atoms with Gasteiger partial charge in [-0.05, 0) is 18.4 Å². The van der Waals surface area contributed by atoms with Gasteiger partial charge in [-0.15, -0.1) is 12.4 Å². The van der Waals surface area contributed by atoms with Gasteiger partial charge < -0.3 is 10.4 Å². The van der Waals surface area contributed by atoms with Crippen LogP contribution in [-0.4, -0.2) is 30.2 Å². The third-order valence-corrected chi connectivity index (χ3v) is 3.08. The highest BCUT2D eigenvalue weighted by atomic mass is 35.5. The van der Waals surface area contributed by atoms with Crippen molar-refractivity contribution in [2.45, 2.75) is 24.9 Å². The quantitative estimate of drug-likeness (QED) is 0.765. The van der Waals surface area contributed by atoms with Crippen LogP contribution in [0.4, 0.5) is 0 Å². The zero-order chi connectivity index (χ0) is 12.1. The highest BCUT2D eigenvalue weighted by Crippen LogP contribution is 2.26. The van der Waals surface area contributed by atoms with Gasteiger partial charge in [-0.2, -0.15) is 0 Å². The molecule has 1 saturated heterocycles. The molecule has 0 unspecified atom stereocenters. The second-order valence-corrected chi connectivity index (χ2v) is 4.27. The lowest BCUT2D eigenvalue weighted by molar-refractivity contribution is -0.123. The van der Waals surface area contributed by atoms with E-state index in [4.69, 9.17) is 5.11 Å². The third kappa shape index (κ3) is 3.70. The maximum absolute atomic E-state index is 11.7. The van der Waals surface area contributed by atoms with E-state index in [0.717, 1.165) is 12.8 Å². The molecule has 1 aliphatic heterocycles. The van der Waals surface area contributed by atoms with E-state index < -0.39 is 0 Å². The van der Waals surface area contributed by atoms with Crippen LogP contribution in [0.1, 0.15) is 24.4 Å². The van der Waals surface area contributed by atoms with Gasteiger partial charge in [0, 0.05) is 12.6 Å². The predicted octanol–water partition coefficient (Wildman–Crippen LogP) is 1.01. The SMILES string of the molecule is Cl.O=C(NCCO)[C@H]1CC[C@H](c2ccccc2)N1. The van der Waals surface area contributed by atoms with Gasteiger partial charge >= 0.3 is 0 Å². The van der Waals surface area contributed by atoms with Gasteiger partial charge in [0.2, 0.25) is 5.91 Å². The molecule has 4 nitrogen and oxygen atoms in total. The van der Waals surface area contributed by atoms with Gasteiger partial charge in [-0.3, -0.25) is 10.1 Å². The van der Waals surface area contributed by atoms with Crippen molar-refractivity contribution < 1.29 is 9.90 Å². The Hall–Kier alpha value is -1.10. The number of carbonyl (C=O) groups is 1. The number of nitrogens with one attached hydrogen (secondary N) is 2. The van der Waals surface area contributed by atoms with E-state index in [0.29, 0.717) is 6.54 Å². The average molecular weight is 271 g/mol. The number of hydrogen-bond acceptors (Lipinski definition) is 3. The molecule has 1 aromatic carbocycles. The van der Waals surface area contributed by atoms with Crippen LogP contribution in [0.25, 0.3) is 0 Å². The summed E-state index contributed by atoms with van der Waals surface area (Å²) in [5.41, 5.74) is 1.23. The molecule has 0 bridgehead atoms. The van der Waals surface area contributed by atoms with Crippen molar-refractivity contribution in [1.29, 1.82) is 0 Å². The highest BCUT2D eigenvalue weighted by Gasteiger charge is 2.29. The van der Waals surface area contributed by atoms with Gasteiger partial charge in [-0.25, -0.2) is 0 Å². The molecule has 5 heteroatoms. The number of rotatable bonds is 4. The number of carbonyl (C=O) groups excluding carboxylic acids is 1. The first-order chi connectivity index (χ1) is 8.31. The van der Waals surface area contributed by atoms with Gasteiger partial charge in [0.25, 0.3) is 0 Å². The van der Waals surface area contributed by atoms with Crippen LogP contribution in [-0.2, 0) is 4.79 Å². The van der Waals surface area contributed by atoms with Crippen LogP contribution in [0.15, 0.2) is 30.3 Å². The van der Waals surface area contributed by atoms with E-state index in [-0.39, 0.29) is 37.0 Å². The van der Waals surface area contributed by atoms with E-state index >= 15 is 0 Å². The van der Waals surface area contributed by atoms with Crippen molar-refractivity contribution in [2.24, 2.45) is 0 Å². The summed E-state index contributed by atoms with van der Waals surface area (Å²) in [6.07, 6.45) is 1.82. The zero-order valence-electron chi connectivity index (χ0n) is 10.1. The second kappa shape index (κ2) is 7.36. The number of benzene rings is 1. The smallest absolute Gasteiger partial charge is 0.237 e. The van der Waals surface area contributed by atoms with E-state index in [1.807, 2.05) is 18.2 Å². The number of halogens is 1. The summed E-state index contributed by atoms with van der Waals surface area (Å²) in [6, 6.07) is 10.3. The Balaban J connectivity index is 0.00000162. The lowest BCUT2D eigenvalue weighted by Gasteiger charge is -2.14. The molecule has 1 fully saturated rings. The van der Waals surface area contributed by atoms with Gasteiger partial charge in [0.05, 0.1) is 12.6 Å². The van der Waals surface area contributed by atoms with E-state index in [1.54, 1.807) is 0 Å². The normalized spacial score (nSPS) is 22.3. The third-order valence-electron chi connectivity index (χ3n) is 3.08. The van der Waals surface area contributed by atoms with Gasteiger partial charge in [0.1, 0.15) is 0 Å². The number of aliphatic hydroxyl groups excluding tert-OH is 1. The fourth-order valence-corrected chi connectivity index (χ4v) is 2.20. The van der Waals surface area contributed by atoms with Gasteiger partial charge in [0.15, 0.2) is 0 Å². The van der Waals surface area contributed by atoms with E-state index in [9.17, 15) is 4.79 Å². The molecule has 18 heavy (non-hydrogen) atoms. The molecule has 1 aromatic rings. The Bertz CT molecular complexity index is 373. The first-order valence-electron chi connectivity index (χ1n) is 6.01. The van der Waals surface area contributed by atoms with Gasteiger partial charge in [-0.1, -0.05) is 30.3 Å². The average Bonchev–Trinajstić information content (AvgIpc) is 2.86. The minimum absolute atomic E-state index is 0. The van der Waals surface area contributed by atoms with Crippen LogP contribution >= 0.6 is 12.4 Å². The highest BCUT2D eigenvalue weighted by molar-refractivity contribution is 5.85. The molecule has 100 valence electrons. The van der Waals surface area contributed by atoms with Crippen LogP contribution in [0, 0.1) is 0 Å². The van der Waals surface area contributed by atoms with Crippen LogP contribution in [0.3, 0.4) is 0 Å². The molecular weight excluding hydrogens is 252 g/mol. The molecule has 0 aromatic heterocycles. The Morgan fingerprint density at radius 3 is 2.72 bits per heavy atom. The monoisotopic (exact) mass is 270 g/mol. The number of aliphatic hydroxyl groups is 1. The number of amides is 1. The molecule has 1 aliphatic rings. The summed E-state index contributed by atoms with van der Waals surface area (Å²) in [7, 11) is 0. The van der Waals surface area contributed by atoms with Crippen molar-refractivity contribution >= 4 is 18.3 Å². The zero-order valence-corrected chi connectivity index (χ0v) is 11.0. The number of hydrogen-bond donors (Lipinski definition) is 3. The van der Waals surface area contributed by atoms with Crippen molar-refractivity contribution in [2.75, 3.05) is 13.2 Å². The maximum atomic E-state index is 11.7. The standard InChI is InChI=1S/C13H18N2O2.ClH/c16-9-8-14-13(17)12-7-6-11(15-12)10-4-2-1-3-5-10;/h1-5,11-12,15-16H,6-9H2,(H,14,17);1H/t11-,12-;/m1./s1. The lowest BCUT2D eigenvalue weighted by Crippen LogP contribution is -2.41. The van der Waals surface area contributed by atoms with Crippen molar-refractivity contribution in [3.8, 4) is 0 Å². The fraction of sp³-hybridized carbons (Fsp3) is 0.462. The molecular formula is C13H19ClN2O2. The van der Waals surface area contributed by atoms with E-state index in [2.05, 4.69) is 22.8 Å². The Morgan fingerprint density at radius 1 is 1.33 bits per heavy atom. The first kappa shape index (κ1) is 15.0. The van der Waals surface area contributed by atoms with Crippen molar-refractivity contribution in [3.63, 3.8) is 0 Å². The summed E-state index contributed by atoms with van der Waals surface area (Å²) in [4.78, 5) is 11.7. The van der Waals surface area contributed by atoms with Crippen molar-refractivity contribution in [1.82, 2.24) is 10.6 Å². The van der Waals surface area contributed by atoms with Crippen LogP contribution in [0.2, 0.25) is 0 Å². The molecule has 0 saturated carbocycles. The minimum atomic E-state index is -0.133. The summed E-state index contributed by atoms with van der Waals surface area (Å²) in [5, 5.41) is 14.7. The summed E-state index contributed by atoms with van der Waals surface area (Å²) < 4.78 is 0. The second-order valence-electron chi connectivity index (χ2n) is 4.27. The van der Waals surface area contributed by atoms with Crippen LogP contribution < -0.4 is 10.6 Å². The Morgan fingerprint density at radius 2 is 2.06 bits per heavy atom. The molecule has 2 atom stereocenters. The lowest BCUT2D eigenvalue weighted by atomic mass is 10.1. The summed E-state index contributed by atoms with van der Waals surface area (Å²) >= 11 is 0. The Kier molecular flexibility index (Phi) is 6.12. The fourth-order valence-electron chi connectivity index (χ4n) is 2.20. The topological polar surface area (TPSA) is 61.4 Å². The molecule has 0 spiro atoms. The maximum Gasteiger partial charge on any atom is 0.237 e. The molecule has 3 N–H and O–H groups in total. The molecule has 0 aliphatic carbocycles.